The first kappa shape index (κ1) is 18.5. The normalized spacial score (nSPS) is 19.0. The molecule has 0 aliphatic carbocycles. The van der Waals surface area contributed by atoms with Crippen molar-refractivity contribution in [2.75, 3.05) is 11.5 Å². The standard InChI is InChI=1S/C20H23NO4S/c1-2-16-5-7-17(8-6-16)14-21(18-11-13-26(23,24)15-18)20(22)10-9-19-4-3-12-25-19/h3-10,12,18H,2,11,13-15H2,1H3/b10-9+/t18-/m0/s1. The lowest BCUT2D eigenvalue weighted by Gasteiger charge is -2.27. The van der Waals surface area contributed by atoms with Crippen LogP contribution in [0.4, 0.5) is 0 Å². The number of aryl methyl sites for hydroxylation is 1. The maximum Gasteiger partial charge on any atom is 0.247 e. The van der Waals surface area contributed by atoms with Gasteiger partial charge in [-0.25, -0.2) is 8.42 Å². The van der Waals surface area contributed by atoms with Crippen LogP contribution in [0.3, 0.4) is 0 Å². The Morgan fingerprint density at radius 1 is 1.23 bits per heavy atom. The number of carbonyl (C=O) groups is 1. The number of benzene rings is 1. The summed E-state index contributed by atoms with van der Waals surface area (Å²) in [6.07, 6.45) is 6.04. The van der Waals surface area contributed by atoms with E-state index in [1.54, 1.807) is 29.4 Å². The maximum absolute atomic E-state index is 12.8. The molecule has 1 atom stereocenters. The zero-order chi connectivity index (χ0) is 18.6. The van der Waals surface area contributed by atoms with Gasteiger partial charge in [0.25, 0.3) is 0 Å². The van der Waals surface area contributed by atoms with Gasteiger partial charge in [-0.1, -0.05) is 31.2 Å². The molecule has 1 aromatic carbocycles. The number of hydrogen-bond acceptors (Lipinski definition) is 4. The zero-order valence-corrected chi connectivity index (χ0v) is 15.6. The molecule has 0 N–H and O–H groups in total. The highest BCUT2D eigenvalue weighted by Gasteiger charge is 2.34. The van der Waals surface area contributed by atoms with Crippen LogP contribution in [0, 0.1) is 0 Å². The summed E-state index contributed by atoms with van der Waals surface area (Å²) < 4.78 is 29.0. The summed E-state index contributed by atoms with van der Waals surface area (Å²) in [7, 11) is -3.07. The molecule has 0 spiro atoms. The van der Waals surface area contributed by atoms with E-state index in [9.17, 15) is 13.2 Å². The fourth-order valence-electron chi connectivity index (χ4n) is 3.12. The highest BCUT2D eigenvalue weighted by Crippen LogP contribution is 2.21. The molecule has 2 aromatic rings. The number of carbonyl (C=O) groups excluding carboxylic acids is 1. The van der Waals surface area contributed by atoms with E-state index >= 15 is 0 Å². The van der Waals surface area contributed by atoms with Crippen molar-refractivity contribution in [3.05, 3.63) is 65.6 Å². The van der Waals surface area contributed by atoms with Crippen molar-refractivity contribution in [2.45, 2.75) is 32.4 Å². The van der Waals surface area contributed by atoms with Crippen LogP contribution in [0.15, 0.2) is 53.2 Å². The van der Waals surface area contributed by atoms with Crippen LogP contribution in [0.25, 0.3) is 6.08 Å². The minimum absolute atomic E-state index is 0.0282. The molecular formula is C20H23NO4S. The predicted octanol–water partition coefficient (Wildman–Crippen LogP) is 3.07. The molecule has 1 aliphatic heterocycles. The Morgan fingerprint density at radius 2 is 1.96 bits per heavy atom. The molecule has 6 heteroatoms. The lowest BCUT2D eigenvalue weighted by molar-refractivity contribution is -0.128. The van der Waals surface area contributed by atoms with E-state index in [0.29, 0.717) is 18.7 Å². The van der Waals surface area contributed by atoms with Gasteiger partial charge in [-0.2, -0.15) is 0 Å². The quantitative estimate of drug-likeness (QED) is 0.730. The molecule has 26 heavy (non-hydrogen) atoms. The van der Waals surface area contributed by atoms with Gasteiger partial charge in [0.15, 0.2) is 9.84 Å². The van der Waals surface area contributed by atoms with Gasteiger partial charge in [-0.05, 0) is 42.2 Å². The predicted molar refractivity (Wildman–Crippen MR) is 101 cm³/mol. The van der Waals surface area contributed by atoms with Crippen LogP contribution >= 0.6 is 0 Å². The molecule has 0 unspecified atom stereocenters. The Kier molecular flexibility index (Phi) is 5.61. The van der Waals surface area contributed by atoms with E-state index in [1.165, 1.54) is 11.6 Å². The van der Waals surface area contributed by atoms with Crippen molar-refractivity contribution in [3.8, 4) is 0 Å². The van der Waals surface area contributed by atoms with Crippen LogP contribution in [0.1, 0.15) is 30.2 Å². The van der Waals surface area contributed by atoms with Gasteiger partial charge in [0, 0.05) is 18.7 Å². The zero-order valence-electron chi connectivity index (χ0n) is 14.8. The minimum Gasteiger partial charge on any atom is -0.465 e. The average molecular weight is 373 g/mol. The third-order valence-corrected chi connectivity index (χ3v) is 6.40. The van der Waals surface area contributed by atoms with Crippen molar-refractivity contribution in [1.82, 2.24) is 4.90 Å². The summed E-state index contributed by atoms with van der Waals surface area (Å²) in [5.41, 5.74) is 2.22. The van der Waals surface area contributed by atoms with Crippen molar-refractivity contribution in [3.63, 3.8) is 0 Å². The third-order valence-electron chi connectivity index (χ3n) is 4.65. The van der Waals surface area contributed by atoms with Gasteiger partial charge in [0.1, 0.15) is 5.76 Å². The lowest BCUT2D eigenvalue weighted by Crippen LogP contribution is -2.39. The van der Waals surface area contributed by atoms with Crippen molar-refractivity contribution >= 4 is 21.8 Å². The molecule has 2 heterocycles. The fourth-order valence-corrected chi connectivity index (χ4v) is 4.85. The topological polar surface area (TPSA) is 67.6 Å². The summed E-state index contributed by atoms with van der Waals surface area (Å²) in [6.45, 7) is 2.49. The molecule has 5 nitrogen and oxygen atoms in total. The largest absolute Gasteiger partial charge is 0.465 e. The van der Waals surface area contributed by atoms with Crippen LogP contribution in [0.5, 0.6) is 0 Å². The van der Waals surface area contributed by atoms with E-state index in [2.05, 4.69) is 6.92 Å². The number of furan rings is 1. The Balaban J connectivity index is 1.79. The number of hydrogen-bond donors (Lipinski definition) is 0. The molecule has 0 saturated carbocycles. The molecule has 1 fully saturated rings. The summed E-state index contributed by atoms with van der Waals surface area (Å²) in [5.74, 6) is 0.547. The Bertz CT molecular complexity index is 867. The molecule has 1 saturated heterocycles. The van der Waals surface area contributed by atoms with Crippen LogP contribution < -0.4 is 0 Å². The number of amides is 1. The molecule has 1 aromatic heterocycles. The first-order valence-electron chi connectivity index (χ1n) is 8.77. The highest BCUT2D eigenvalue weighted by atomic mass is 32.2. The summed E-state index contributed by atoms with van der Waals surface area (Å²) in [5, 5.41) is 0. The van der Waals surface area contributed by atoms with Gasteiger partial charge >= 0.3 is 0 Å². The Labute approximate surface area is 154 Å². The first-order chi connectivity index (χ1) is 12.5. The second-order valence-corrected chi connectivity index (χ2v) is 8.77. The SMILES string of the molecule is CCc1ccc(CN(C(=O)/C=C/c2ccco2)[C@H]2CCS(=O)(=O)C2)cc1. The van der Waals surface area contributed by atoms with Crippen LogP contribution in [-0.4, -0.2) is 36.8 Å². The van der Waals surface area contributed by atoms with Gasteiger partial charge in [-0.15, -0.1) is 0 Å². The second-order valence-electron chi connectivity index (χ2n) is 6.54. The van der Waals surface area contributed by atoms with Crippen molar-refractivity contribution < 1.29 is 17.6 Å². The number of rotatable bonds is 6. The minimum atomic E-state index is -3.07. The van der Waals surface area contributed by atoms with Crippen LogP contribution in [-0.2, 0) is 27.6 Å². The Hall–Kier alpha value is -2.34. The molecule has 1 amide bonds. The maximum atomic E-state index is 12.8. The summed E-state index contributed by atoms with van der Waals surface area (Å²) in [6, 6.07) is 11.3. The second kappa shape index (κ2) is 7.91. The smallest absolute Gasteiger partial charge is 0.247 e. The van der Waals surface area contributed by atoms with E-state index < -0.39 is 9.84 Å². The Morgan fingerprint density at radius 3 is 2.54 bits per heavy atom. The highest BCUT2D eigenvalue weighted by molar-refractivity contribution is 7.91. The van der Waals surface area contributed by atoms with Crippen LogP contribution in [0.2, 0.25) is 0 Å². The molecular weight excluding hydrogens is 350 g/mol. The summed E-state index contributed by atoms with van der Waals surface area (Å²) in [4.78, 5) is 14.4. The van der Waals surface area contributed by atoms with E-state index in [-0.39, 0.29) is 23.5 Å². The molecule has 0 bridgehead atoms. The van der Waals surface area contributed by atoms with E-state index in [1.807, 2.05) is 24.3 Å². The average Bonchev–Trinajstić information content (AvgIpc) is 3.27. The van der Waals surface area contributed by atoms with Gasteiger partial charge < -0.3 is 9.32 Å². The first-order valence-corrected chi connectivity index (χ1v) is 10.6. The lowest BCUT2D eigenvalue weighted by atomic mass is 10.1. The van der Waals surface area contributed by atoms with Gasteiger partial charge in [0.2, 0.25) is 5.91 Å². The van der Waals surface area contributed by atoms with Gasteiger partial charge in [-0.3, -0.25) is 4.79 Å². The number of sulfone groups is 1. The fraction of sp³-hybridized carbons (Fsp3) is 0.350. The third kappa shape index (κ3) is 4.64. The van der Waals surface area contributed by atoms with E-state index in [0.717, 1.165) is 12.0 Å². The van der Waals surface area contributed by atoms with Crippen molar-refractivity contribution in [2.24, 2.45) is 0 Å². The number of nitrogens with zero attached hydrogens (tertiary/aromatic N) is 1. The van der Waals surface area contributed by atoms with Crippen molar-refractivity contribution in [1.29, 1.82) is 0 Å². The molecule has 138 valence electrons. The summed E-state index contributed by atoms with van der Waals surface area (Å²) >= 11 is 0. The van der Waals surface area contributed by atoms with Gasteiger partial charge in [0.05, 0.1) is 17.8 Å². The molecule has 0 radical (unpaired) electrons. The molecule has 1 aliphatic rings. The molecule has 3 rings (SSSR count). The monoisotopic (exact) mass is 373 g/mol. The van der Waals surface area contributed by atoms with E-state index in [4.69, 9.17) is 4.42 Å².